The number of nitrogens with one attached hydrogen (secondary N) is 2. The van der Waals surface area contributed by atoms with Gasteiger partial charge in [0, 0.05) is 12.6 Å². The van der Waals surface area contributed by atoms with Gasteiger partial charge in [0.15, 0.2) is 0 Å². The first-order chi connectivity index (χ1) is 11.1. The fourth-order valence-corrected chi connectivity index (χ4v) is 2.86. The molecule has 3 N–H and O–H groups in total. The van der Waals surface area contributed by atoms with Crippen molar-refractivity contribution in [1.29, 1.82) is 0 Å². The average molecular weight is 316 g/mol. The Morgan fingerprint density at radius 1 is 1.17 bits per heavy atom. The summed E-state index contributed by atoms with van der Waals surface area (Å²) in [5.41, 5.74) is 2.24. The number of carboxylic acids is 1. The number of carbonyl (C=O) groups is 2. The van der Waals surface area contributed by atoms with E-state index in [0.29, 0.717) is 19.4 Å². The second kappa shape index (κ2) is 8.36. The molecule has 1 aliphatic carbocycles. The van der Waals surface area contributed by atoms with Crippen LogP contribution in [0.4, 0.5) is 4.79 Å². The summed E-state index contributed by atoms with van der Waals surface area (Å²) in [6, 6.07) is 7.98. The Kier molecular flexibility index (Phi) is 6.20. The van der Waals surface area contributed by atoms with E-state index in [4.69, 9.17) is 5.11 Å². The van der Waals surface area contributed by atoms with Gasteiger partial charge in [0.25, 0.3) is 0 Å². The zero-order chi connectivity index (χ0) is 16.7. The average Bonchev–Trinajstić information content (AvgIpc) is 2.56. The maximum atomic E-state index is 11.9. The Morgan fingerprint density at radius 2 is 1.83 bits per heavy atom. The summed E-state index contributed by atoms with van der Waals surface area (Å²) in [5.74, 6) is -0.981. The van der Waals surface area contributed by atoms with Gasteiger partial charge in [0.05, 0.1) is 5.92 Å². The topological polar surface area (TPSA) is 78.4 Å². The summed E-state index contributed by atoms with van der Waals surface area (Å²) in [5, 5.41) is 14.7. The molecular weight excluding hydrogens is 292 g/mol. The molecule has 0 aromatic heterocycles. The highest BCUT2D eigenvalue weighted by Gasteiger charge is 2.26. The molecule has 0 saturated heterocycles. The summed E-state index contributed by atoms with van der Waals surface area (Å²) in [6.07, 6.45) is 5.30. The molecule has 0 unspecified atom stereocenters. The van der Waals surface area contributed by atoms with Gasteiger partial charge in [0.1, 0.15) is 0 Å². The smallest absolute Gasteiger partial charge is 0.315 e. The third-order valence-electron chi connectivity index (χ3n) is 4.33. The molecule has 5 nitrogen and oxygen atoms in total. The Bertz CT molecular complexity index is 546. The first kappa shape index (κ1) is 17.1. The normalized spacial score (nSPS) is 20.5. The van der Waals surface area contributed by atoms with Crippen LogP contribution in [0, 0.1) is 5.92 Å². The first-order valence-corrected chi connectivity index (χ1v) is 8.07. The third-order valence-corrected chi connectivity index (χ3v) is 4.33. The molecule has 1 saturated carbocycles. The number of amides is 2. The van der Waals surface area contributed by atoms with E-state index in [1.807, 2.05) is 24.3 Å². The number of carbonyl (C=O) groups excluding carboxylic acids is 1. The molecule has 0 bridgehead atoms. The molecule has 0 spiro atoms. The maximum Gasteiger partial charge on any atom is 0.315 e. The van der Waals surface area contributed by atoms with E-state index in [1.165, 1.54) is 0 Å². The zero-order valence-electron chi connectivity index (χ0n) is 13.3. The van der Waals surface area contributed by atoms with E-state index >= 15 is 0 Å². The standard InChI is InChI=1S/C18H24N2O3/c1-2-13-3-5-14(6-4-13)11-12-19-18(23)20-16-9-7-15(8-10-16)17(21)22/h2-6,15-16H,1,7-12H2,(H,21,22)(H2,19,20,23). The predicted octanol–water partition coefficient (Wildman–Crippen LogP) is 2.81. The highest BCUT2D eigenvalue weighted by atomic mass is 16.4. The van der Waals surface area contributed by atoms with E-state index in [9.17, 15) is 9.59 Å². The minimum Gasteiger partial charge on any atom is -0.481 e. The lowest BCUT2D eigenvalue weighted by Gasteiger charge is -2.26. The van der Waals surface area contributed by atoms with Crippen molar-refractivity contribution in [3.8, 4) is 0 Å². The Balaban J connectivity index is 1.65. The molecule has 0 aliphatic heterocycles. The van der Waals surface area contributed by atoms with Crippen molar-refractivity contribution in [2.24, 2.45) is 5.92 Å². The van der Waals surface area contributed by atoms with E-state index in [2.05, 4.69) is 17.2 Å². The summed E-state index contributed by atoms with van der Waals surface area (Å²) in [4.78, 5) is 22.8. The van der Waals surface area contributed by atoms with Crippen molar-refractivity contribution >= 4 is 18.1 Å². The monoisotopic (exact) mass is 316 g/mol. The molecule has 23 heavy (non-hydrogen) atoms. The molecule has 5 heteroatoms. The van der Waals surface area contributed by atoms with Crippen molar-refractivity contribution in [2.75, 3.05) is 6.54 Å². The summed E-state index contributed by atoms with van der Waals surface area (Å²) < 4.78 is 0. The number of aliphatic carboxylic acids is 1. The number of hydrogen-bond acceptors (Lipinski definition) is 2. The second-order valence-corrected chi connectivity index (χ2v) is 5.98. The quantitative estimate of drug-likeness (QED) is 0.755. The van der Waals surface area contributed by atoms with Gasteiger partial charge in [-0.3, -0.25) is 4.79 Å². The van der Waals surface area contributed by atoms with Crippen LogP contribution in [-0.2, 0) is 11.2 Å². The van der Waals surface area contributed by atoms with Crippen LogP contribution in [0.1, 0.15) is 36.8 Å². The maximum absolute atomic E-state index is 11.9. The molecule has 2 rings (SSSR count). The Morgan fingerprint density at radius 3 is 2.39 bits per heavy atom. The highest BCUT2D eigenvalue weighted by molar-refractivity contribution is 5.74. The zero-order valence-corrected chi connectivity index (χ0v) is 13.3. The Hall–Kier alpha value is -2.30. The molecule has 2 amide bonds. The molecule has 124 valence electrons. The molecule has 1 aliphatic rings. The van der Waals surface area contributed by atoms with Gasteiger partial charge in [0.2, 0.25) is 0 Å². The van der Waals surface area contributed by atoms with Gasteiger partial charge in [-0.2, -0.15) is 0 Å². The number of rotatable bonds is 6. The third kappa shape index (κ3) is 5.43. The predicted molar refractivity (Wildman–Crippen MR) is 90.2 cm³/mol. The minimum absolute atomic E-state index is 0.0810. The SMILES string of the molecule is C=Cc1ccc(CCNC(=O)NC2CCC(C(=O)O)CC2)cc1. The summed E-state index contributed by atoms with van der Waals surface area (Å²) in [7, 11) is 0. The van der Waals surface area contributed by atoms with Crippen molar-refractivity contribution in [1.82, 2.24) is 10.6 Å². The van der Waals surface area contributed by atoms with E-state index < -0.39 is 5.97 Å². The molecular formula is C18H24N2O3. The fourth-order valence-electron chi connectivity index (χ4n) is 2.86. The van der Waals surface area contributed by atoms with E-state index in [-0.39, 0.29) is 18.0 Å². The molecule has 0 heterocycles. The van der Waals surface area contributed by atoms with Crippen molar-refractivity contribution in [2.45, 2.75) is 38.1 Å². The lowest BCUT2D eigenvalue weighted by molar-refractivity contribution is -0.142. The lowest BCUT2D eigenvalue weighted by atomic mass is 9.86. The number of hydrogen-bond donors (Lipinski definition) is 3. The van der Waals surface area contributed by atoms with Gasteiger partial charge in [-0.15, -0.1) is 0 Å². The van der Waals surface area contributed by atoms with Crippen LogP contribution in [0.2, 0.25) is 0 Å². The van der Waals surface area contributed by atoms with Crippen molar-refractivity contribution < 1.29 is 14.7 Å². The van der Waals surface area contributed by atoms with Gasteiger partial charge in [-0.05, 0) is 43.2 Å². The first-order valence-electron chi connectivity index (χ1n) is 8.07. The Labute approximate surface area is 136 Å². The number of carboxylic acid groups (broad SMARTS) is 1. The van der Waals surface area contributed by atoms with Crippen LogP contribution in [0.25, 0.3) is 6.08 Å². The van der Waals surface area contributed by atoms with Crippen LogP contribution in [-0.4, -0.2) is 29.7 Å². The van der Waals surface area contributed by atoms with E-state index in [0.717, 1.165) is 30.4 Å². The summed E-state index contributed by atoms with van der Waals surface area (Å²) in [6.45, 7) is 4.29. The lowest BCUT2D eigenvalue weighted by Crippen LogP contribution is -2.44. The largest absolute Gasteiger partial charge is 0.481 e. The van der Waals surface area contributed by atoms with Gasteiger partial charge in [-0.25, -0.2) is 4.79 Å². The van der Waals surface area contributed by atoms with Crippen LogP contribution >= 0.6 is 0 Å². The van der Waals surface area contributed by atoms with Crippen molar-refractivity contribution in [3.63, 3.8) is 0 Å². The van der Waals surface area contributed by atoms with Gasteiger partial charge in [-0.1, -0.05) is 36.9 Å². The van der Waals surface area contributed by atoms with Gasteiger partial charge >= 0.3 is 12.0 Å². The number of urea groups is 1. The van der Waals surface area contributed by atoms with Crippen LogP contribution < -0.4 is 10.6 Å². The highest BCUT2D eigenvalue weighted by Crippen LogP contribution is 2.24. The van der Waals surface area contributed by atoms with Crippen LogP contribution in [0.5, 0.6) is 0 Å². The van der Waals surface area contributed by atoms with E-state index in [1.54, 1.807) is 6.08 Å². The second-order valence-electron chi connectivity index (χ2n) is 5.98. The van der Waals surface area contributed by atoms with Crippen LogP contribution in [0.3, 0.4) is 0 Å². The molecule has 1 fully saturated rings. The minimum atomic E-state index is -0.727. The molecule has 1 aromatic rings. The number of benzene rings is 1. The summed E-state index contributed by atoms with van der Waals surface area (Å²) >= 11 is 0. The van der Waals surface area contributed by atoms with Crippen molar-refractivity contribution in [3.05, 3.63) is 42.0 Å². The van der Waals surface area contributed by atoms with Crippen LogP contribution in [0.15, 0.2) is 30.8 Å². The molecule has 0 atom stereocenters. The van der Waals surface area contributed by atoms with Gasteiger partial charge < -0.3 is 15.7 Å². The molecule has 0 radical (unpaired) electrons. The fraction of sp³-hybridized carbons (Fsp3) is 0.444. The molecule has 1 aromatic carbocycles.